The first-order valence-electron chi connectivity index (χ1n) is 10.7. The van der Waals surface area contributed by atoms with E-state index in [2.05, 4.69) is 62.6 Å². The number of rotatable bonds is 8. The molecule has 0 amide bonds. The molecular formula is C21H32N6O. The summed E-state index contributed by atoms with van der Waals surface area (Å²) >= 11 is 0. The van der Waals surface area contributed by atoms with Crippen LogP contribution in [0, 0.1) is 0 Å². The van der Waals surface area contributed by atoms with Gasteiger partial charge in [-0.05, 0) is 35.3 Å². The third-order valence-electron chi connectivity index (χ3n) is 5.92. The highest BCUT2D eigenvalue weighted by molar-refractivity contribution is 5.14. The first-order valence-corrected chi connectivity index (χ1v) is 10.7. The third-order valence-corrected chi connectivity index (χ3v) is 5.92. The lowest BCUT2D eigenvalue weighted by Gasteiger charge is -2.38. The van der Waals surface area contributed by atoms with Gasteiger partial charge >= 0.3 is 0 Å². The number of benzene rings is 1. The summed E-state index contributed by atoms with van der Waals surface area (Å²) in [5.74, 6) is 1.01. The molecule has 2 aromatic rings. The van der Waals surface area contributed by atoms with E-state index in [1.54, 1.807) is 0 Å². The lowest BCUT2D eigenvalue weighted by atomic mass is 10.1. The highest BCUT2D eigenvalue weighted by atomic mass is 16.5. The zero-order valence-corrected chi connectivity index (χ0v) is 16.9. The van der Waals surface area contributed by atoms with Gasteiger partial charge in [-0.1, -0.05) is 43.7 Å². The lowest BCUT2D eigenvalue weighted by molar-refractivity contribution is 0.0735. The quantitative estimate of drug-likeness (QED) is 0.697. The minimum absolute atomic E-state index is 0.257. The van der Waals surface area contributed by atoms with Gasteiger partial charge in [-0.15, -0.1) is 5.10 Å². The molecule has 4 rings (SSSR count). The van der Waals surface area contributed by atoms with E-state index in [1.165, 1.54) is 5.56 Å². The third kappa shape index (κ3) is 4.77. The normalized spacial score (nSPS) is 22.5. The van der Waals surface area contributed by atoms with Gasteiger partial charge in [0, 0.05) is 39.3 Å². The van der Waals surface area contributed by atoms with E-state index in [1.807, 2.05) is 4.68 Å². The Hall–Kier alpha value is -1.83. The first-order chi connectivity index (χ1) is 13.8. The molecule has 0 radical (unpaired) electrons. The fourth-order valence-electron chi connectivity index (χ4n) is 4.38. The average molecular weight is 385 g/mol. The molecule has 0 spiro atoms. The summed E-state index contributed by atoms with van der Waals surface area (Å²) in [6.45, 7) is 9.20. The van der Waals surface area contributed by atoms with Crippen LogP contribution in [0.15, 0.2) is 30.3 Å². The molecule has 1 aromatic heterocycles. The van der Waals surface area contributed by atoms with Crippen LogP contribution in [0.5, 0.6) is 0 Å². The highest BCUT2D eigenvalue weighted by Gasteiger charge is 2.29. The summed E-state index contributed by atoms with van der Waals surface area (Å²) in [5, 5.41) is 12.7. The molecule has 2 atom stereocenters. The number of ether oxygens (including phenoxy) is 1. The molecule has 2 fully saturated rings. The molecule has 1 aromatic carbocycles. The molecule has 0 saturated carbocycles. The van der Waals surface area contributed by atoms with Crippen LogP contribution in [0.3, 0.4) is 0 Å². The molecule has 0 N–H and O–H groups in total. The van der Waals surface area contributed by atoms with Crippen LogP contribution in [-0.4, -0.2) is 68.9 Å². The summed E-state index contributed by atoms with van der Waals surface area (Å²) < 4.78 is 7.79. The van der Waals surface area contributed by atoms with Crippen molar-refractivity contribution in [3.8, 4) is 0 Å². The number of hydrogen-bond acceptors (Lipinski definition) is 6. The van der Waals surface area contributed by atoms with Crippen molar-refractivity contribution in [3.05, 3.63) is 41.7 Å². The maximum absolute atomic E-state index is 5.80. The Bertz CT molecular complexity index is 707. The molecule has 28 heavy (non-hydrogen) atoms. The van der Waals surface area contributed by atoms with Crippen molar-refractivity contribution >= 4 is 0 Å². The highest BCUT2D eigenvalue weighted by Crippen LogP contribution is 2.26. The predicted octanol–water partition coefficient (Wildman–Crippen LogP) is 2.51. The van der Waals surface area contributed by atoms with Crippen molar-refractivity contribution in [2.24, 2.45) is 0 Å². The zero-order valence-electron chi connectivity index (χ0n) is 16.9. The molecule has 0 bridgehead atoms. The van der Waals surface area contributed by atoms with Crippen molar-refractivity contribution in [1.29, 1.82) is 0 Å². The van der Waals surface area contributed by atoms with E-state index in [0.29, 0.717) is 6.04 Å². The number of tetrazole rings is 1. The van der Waals surface area contributed by atoms with Gasteiger partial charge in [0.1, 0.15) is 0 Å². The smallest absolute Gasteiger partial charge is 0.168 e. The number of piperazine rings is 1. The molecule has 0 aliphatic carbocycles. The fourth-order valence-corrected chi connectivity index (χ4v) is 4.38. The van der Waals surface area contributed by atoms with Crippen LogP contribution in [-0.2, 0) is 17.8 Å². The van der Waals surface area contributed by atoms with Crippen LogP contribution in [0.4, 0.5) is 0 Å². The number of aromatic nitrogens is 4. The number of hydrogen-bond donors (Lipinski definition) is 0. The summed E-state index contributed by atoms with van der Waals surface area (Å²) in [4.78, 5) is 5.12. The number of nitrogens with zero attached hydrogens (tertiary/aromatic N) is 6. The molecule has 2 saturated heterocycles. The van der Waals surface area contributed by atoms with E-state index in [4.69, 9.17) is 4.74 Å². The van der Waals surface area contributed by atoms with E-state index >= 15 is 0 Å². The predicted molar refractivity (Wildman–Crippen MR) is 108 cm³/mol. The zero-order chi connectivity index (χ0) is 19.2. The van der Waals surface area contributed by atoms with Gasteiger partial charge in [0.2, 0.25) is 0 Å². The topological polar surface area (TPSA) is 59.3 Å². The second-order valence-electron chi connectivity index (χ2n) is 7.96. The summed E-state index contributed by atoms with van der Waals surface area (Å²) in [5.41, 5.74) is 1.39. The fraction of sp³-hybridized carbons (Fsp3) is 0.667. The maximum atomic E-state index is 5.80. The van der Waals surface area contributed by atoms with Crippen molar-refractivity contribution in [2.75, 3.05) is 32.8 Å². The van der Waals surface area contributed by atoms with Crippen molar-refractivity contribution in [2.45, 2.75) is 57.8 Å². The summed E-state index contributed by atoms with van der Waals surface area (Å²) in [6, 6.07) is 11.0. The maximum Gasteiger partial charge on any atom is 0.168 e. The van der Waals surface area contributed by atoms with Crippen LogP contribution >= 0.6 is 0 Å². The Morgan fingerprint density at radius 2 is 1.96 bits per heavy atom. The Labute approximate surface area is 167 Å². The van der Waals surface area contributed by atoms with Gasteiger partial charge in [0.05, 0.1) is 18.7 Å². The van der Waals surface area contributed by atoms with Gasteiger partial charge in [0.25, 0.3) is 0 Å². The molecule has 7 nitrogen and oxygen atoms in total. The largest absolute Gasteiger partial charge is 0.376 e. The van der Waals surface area contributed by atoms with Gasteiger partial charge < -0.3 is 4.74 Å². The van der Waals surface area contributed by atoms with E-state index in [0.717, 1.165) is 77.4 Å². The van der Waals surface area contributed by atoms with Crippen LogP contribution in [0.1, 0.15) is 50.0 Å². The second kappa shape index (κ2) is 9.58. The minimum atomic E-state index is 0.257. The Balaban J connectivity index is 1.38. The van der Waals surface area contributed by atoms with E-state index in [9.17, 15) is 0 Å². The second-order valence-corrected chi connectivity index (χ2v) is 7.96. The Kier molecular flexibility index (Phi) is 6.67. The van der Waals surface area contributed by atoms with Crippen molar-refractivity contribution in [1.82, 2.24) is 30.0 Å². The van der Waals surface area contributed by atoms with Gasteiger partial charge in [-0.2, -0.15) is 0 Å². The van der Waals surface area contributed by atoms with Crippen molar-refractivity contribution < 1.29 is 4.74 Å². The van der Waals surface area contributed by atoms with Gasteiger partial charge in [0.15, 0.2) is 5.82 Å². The standard InChI is InChI=1S/C21H32N6O/c1-2-7-20(21-22-23-24-27(21)17-19-10-6-15-28-19)26-13-11-25(12-14-26)16-18-8-4-3-5-9-18/h3-5,8-9,19-20H,2,6-7,10-17H2,1H3/t19-,20+/m1/s1. The SMILES string of the molecule is CCC[C@@H](c1nnnn1C[C@H]1CCCO1)N1CCN(Cc2ccccc2)CC1. The summed E-state index contributed by atoms with van der Waals surface area (Å²) in [7, 11) is 0. The minimum Gasteiger partial charge on any atom is -0.376 e. The molecule has 152 valence electrons. The molecule has 7 heteroatoms. The van der Waals surface area contributed by atoms with Crippen LogP contribution in [0.25, 0.3) is 0 Å². The molecular weight excluding hydrogens is 352 g/mol. The van der Waals surface area contributed by atoms with Crippen molar-refractivity contribution in [3.63, 3.8) is 0 Å². The van der Waals surface area contributed by atoms with Crippen LogP contribution in [0.2, 0.25) is 0 Å². The molecule has 3 heterocycles. The summed E-state index contributed by atoms with van der Waals surface area (Å²) in [6.07, 6.45) is 4.72. The lowest BCUT2D eigenvalue weighted by Crippen LogP contribution is -2.47. The molecule has 2 aliphatic rings. The van der Waals surface area contributed by atoms with Gasteiger partial charge in [-0.3, -0.25) is 9.80 Å². The van der Waals surface area contributed by atoms with Crippen LogP contribution < -0.4 is 0 Å². The van der Waals surface area contributed by atoms with Gasteiger partial charge in [-0.25, -0.2) is 4.68 Å². The molecule has 0 unspecified atom stereocenters. The Morgan fingerprint density at radius 1 is 1.14 bits per heavy atom. The first kappa shape index (κ1) is 19.5. The van der Waals surface area contributed by atoms with E-state index < -0.39 is 0 Å². The Morgan fingerprint density at radius 3 is 2.68 bits per heavy atom. The van der Waals surface area contributed by atoms with E-state index in [-0.39, 0.29) is 6.10 Å². The monoisotopic (exact) mass is 384 g/mol. The average Bonchev–Trinajstić information content (AvgIpc) is 3.40. The molecule has 2 aliphatic heterocycles.